The second-order valence-electron chi connectivity index (χ2n) is 7.12. The van der Waals surface area contributed by atoms with E-state index in [1.165, 1.54) is 25.3 Å². The van der Waals surface area contributed by atoms with Crippen LogP contribution in [0.2, 0.25) is 0 Å². The molecule has 1 rings (SSSR count). The van der Waals surface area contributed by atoms with E-state index in [1.54, 1.807) is 12.1 Å². The number of nitrogens with zero attached hydrogens (tertiary/aromatic N) is 1. The van der Waals surface area contributed by atoms with Gasteiger partial charge in [0.25, 0.3) is 0 Å². The van der Waals surface area contributed by atoms with E-state index in [-0.39, 0.29) is 0 Å². The van der Waals surface area contributed by atoms with Crippen molar-refractivity contribution in [3.05, 3.63) is 29.8 Å². The third kappa shape index (κ3) is 6.78. The highest BCUT2D eigenvalue weighted by Crippen LogP contribution is 2.25. The third-order valence-electron chi connectivity index (χ3n) is 4.94. The summed E-state index contributed by atoms with van der Waals surface area (Å²) in [6.45, 7) is 10.4. The molecule has 0 saturated heterocycles. The summed E-state index contributed by atoms with van der Waals surface area (Å²) in [5.74, 6) is -0.305. The lowest BCUT2D eigenvalue weighted by atomic mass is 9.95. The van der Waals surface area contributed by atoms with Gasteiger partial charge < -0.3 is 4.90 Å². The van der Waals surface area contributed by atoms with Gasteiger partial charge in [-0.25, -0.2) is 8.78 Å². The maximum Gasteiger partial charge on any atom is 0.182 e. The molecule has 0 fully saturated rings. The molecular formula is C21H35F2N. The van der Waals surface area contributed by atoms with Crippen LogP contribution in [0.5, 0.6) is 0 Å². The van der Waals surface area contributed by atoms with E-state index in [0.29, 0.717) is 17.5 Å². The highest BCUT2D eigenvalue weighted by Gasteiger charge is 2.18. The minimum absolute atomic E-state index is 0.420. The second-order valence-corrected chi connectivity index (χ2v) is 7.12. The van der Waals surface area contributed by atoms with Gasteiger partial charge in [-0.1, -0.05) is 65.9 Å². The normalized spacial score (nSPS) is 13.8. The Morgan fingerprint density at radius 1 is 1.00 bits per heavy atom. The molecule has 0 aliphatic heterocycles. The number of unbranched alkanes of at least 4 members (excludes halogenated alkanes) is 1. The fourth-order valence-electron chi connectivity index (χ4n) is 3.39. The molecule has 0 saturated carbocycles. The molecule has 1 aromatic rings. The fraction of sp³-hybridized carbons (Fsp3) is 0.714. The number of hydrogen-bond donors (Lipinski definition) is 0. The van der Waals surface area contributed by atoms with Crippen molar-refractivity contribution in [3.8, 4) is 0 Å². The Hall–Kier alpha value is -1.12. The van der Waals surface area contributed by atoms with Crippen molar-refractivity contribution in [2.75, 3.05) is 18.0 Å². The van der Waals surface area contributed by atoms with Gasteiger partial charge in [-0.05, 0) is 36.8 Å². The van der Waals surface area contributed by atoms with Gasteiger partial charge >= 0.3 is 0 Å². The zero-order valence-electron chi connectivity index (χ0n) is 16.0. The molecule has 0 radical (unpaired) electrons. The van der Waals surface area contributed by atoms with Crippen molar-refractivity contribution >= 4 is 5.69 Å². The van der Waals surface area contributed by atoms with Crippen LogP contribution in [-0.2, 0) is 0 Å². The van der Waals surface area contributed by atoms with Gasteiger partial charge in [-0.3, -0.25) is 0 Å². The lowest BCUT2D eigenvalue weighted by molar-refractivity contribution is 0.410. The van der Waals surface area contributed by atoms with Crippen molar-refractivity contribution in [2.24, 2.45) is 11.8 Å². The van der Waals surface area contributed by atoms with Crippen molar-refractivity contribution in [1.29, 1.82) is 0 Å². The third-order valence-corrected chi connectivity index (χ3v) is 4.94. The van der Waals surface area contributed by atoms with Crippen LogP contribution in [0.4, 0.5) is 14.5 Å². The Bertz CT molecular complexity index is 461. The SMILES string of the molecule is CCCCC(CC)CCN(CC(C)CCC)c1cccc(F)c1F. The van der Waals surface area contributed by atoms with Crippen LogP contribution in [0.3, 0.4) is 0 Å². The first kappa shape index (κ1) is 20.9. The maximum absolute atomic E-state index is 14.3. The van der Waals surface area contributed by atoms with Gasteiger partial charge in [0, 0.05) is 13.1 Å². The quantitative estimate of drug-likeness (QED) is 0.404. The monoisotopic (exact) mass is 339 g/mol. The summed E-state index contributed by atoms with van der Waals surface area (Å²) in [6.07, 6.45) is 8.13. The van der Waals surface area contributed by atoms with Crippen molar-refractivity contribution in [2.45, 2.75) is 72.6 Å². The molecule has 0 aliphatic carbocycles. The lowest BCUT2D eigenvalue weighted by Gasteiger charge is -2.30. The van der Waals surface area contributed by atoms with Gasteiger partial charge in [0.15, 0.2) is 11.6 Å². The minimum atomic E-state index is -0.751. The number of benzene rings is 1. The molecule has 0 N–H and O–H groups in total. The van der Waals surface area contributed by atoms with Crippen LogP contribution in [0, 0.1) is 23.5 Å². The van der Waals surface area contributed by atoms with Crippen LogP contribution in [0.1, 0.15) is 72.6 Å². The van der Waals surface area contributed by atoms with E-state index in [4.69, 9.17) is 0 Å². The Labute approximate surface area is 147 Å². The molecule has 0 spiro atoms. The summed E-state index contributed by atoms with van der Waals surface area (Å²) in [4.78, 5) is 2.06. The van der Waals surface area contributed by atoms with Crippen LogP contribution in [0.15, 0.2) is 18.2 Å². The van der Waals surface area contributed by atoms with Crippen molar-refractivity contribution in [3.63, 3.8) is 0 Å². The Balaban J connectivity index is 2.83. The average molecular weight is 340 g/mol. The summed E-state index contributed by atoms with van der Waals surface area (Å²) >= 11 is 0. The predicted molar refractivity (Wildman–Crippen MR) is 101 cm³/mol. The van der Waals surface area contributed by atoms with Gasteiger partial charge in [0.05, 0.1) is 5.69 Å². The first-order valence-electron chi connectivity index (χ1n) is 9.72. The molecule has 2 atom stereocenters. The first-order chi connectivity index (χ1) is 11.5. The Kier molecular flexibility index (Phi) is 9.97. The van der Waals surface area contributed by atoms with Gasteiger partial charge in [-0.15, -0.1) is 0 Å². The van der Waals surface area contributed by atoms with E-state index in [1.807, 2.05) is 0 Å². The Morgan fingerprint density at radius 2 is 1.75 bits per heavy atom. The summed E-state index contributed by atoms with van der Waals surface area (Å²) < 4.78 is 27.9. The Morgan fingerprint density at radius 3 is 2.38 bits per heavy atom. The molecule has 24 heavy (non-hydrogen) atoms. The highest BCUT2D eigenvalue weighted by molar-refractivity contribution is 5.48. The second kappa shape index (κ2) is 11.4. The van der Waals surface area contributed by atoms with E-state index in [0.717, 1.165) is 38.8 Å². The van der Waals surface area contributed by atoms with Crippen LogP contribution in [-0.4, -0.2) is 13.1 Å². The number of halogens is 2. The largest absolute Gasteiger partial charge is 0.369 e. The highest BCUT2D eigenvalue weighted by atomic mass is 19.2. The summed E-state index contributed by atoms with van der Waals surface area (Å²) in [6, 6.07) is 4.52. The molecule has 0 bridgehead atoms. The van der Waals surface area contributed by atoms with Crippen LogP contribution < -0.4 is 4.90 Å². The molecule has 0 heterocycles. The number of anilines is 1. The van der Waals surface area contributed by atoms with Crippen LogP contribution >= 0.6 is 0 Å². The van der Waals surface area contributed by atoms with Gasteiger partial charge in [0.2, 0.25) is 0 Å². The predicted octanol–water partition coefficient (Wildman–Crippen LogP) is 6.81. The molecular weight excluding hydrogens is 304 g/mol. The van der Waals surface area contributed by atoms with Crippen molar-refractivity contribution in [1.82, 2.24) is 0 Å². The fourth-order valence-corrected chi connectivity index (χ4v) is 3.39. The zero-order chi connectivity index (χ0) is 17.9. The first-order valence-corrected chi connectivity index (χ1v) is 9.72. The van der Waals surface area contributed by atoms with E-state index >= 15 is 0 Å². The molecule has 0 aromatic heterocycles. The van der Waals surface area contributed by atoms with Gasteiger partial charge in [0.1, 0.15) is 0 Å². The molecule has 138 valence electrons. The molecule has 0 aliphatic rings. The topological polar surface area (TPSA) is 3.24 Å². The molecule has 1 aromatic carbocycles. The lowest BCUT2D eigenvalue weighted by Crippen LogP contribution is -2.31. The van der Waals surface area contributed by atoms with E-state index < -0.39 is 11.6 Å². The van der Waals surface area contributed by atoms with Gasteiger partial charge in [-0.2, -0.15) is 0 Å². The summed E-state index contributed by atoms with van der Waals surface area (Å²) in [5.41, 5.74) is 0.420. The van der Waals surface area contributed by atoms with Crippen molar-refractivity contribution < 1.29 is 8.78 Å². The maximum atomic E-state index is 14.3. The zero-order valence-corrected chi connectivity index (χ0v) is 16.0. The molecule has 0 amide bonds. The number of hydrogen-bond acceptors (Lipinski definition) is 1. The van der Waals surface area contributed by atoms with E-state index in [9.17, 15) is 8.78 Å². The van der Waals surface area contributed by atoms with Crippen LogP contribution in [0.25, 0.3) is 0 Å². The summed E-state index contributed by atoms with van der Waals surface area (Å²) in [5, 5.41) is 0. The molecule has 3 heteroatoms. The standard InChI is InChI=1S/C21H35F2N/c1-5-8-11-18(7-3)14-15-24(16-17(4)10-6-2)20-13-9-12-19(22)21(20)23/h9,12-13,17-18H,5-8,10-11,14-16H2,1-4H3. The smallest absolute Gasteiger partial charge is 0.182 e. The average Bonchev–Trinajstić information content (AvgIpc) is 2.56. The molecule has 1 nitrogen and oxygen atoms in total. The van der Waals surface area contributed by atoms with E-state index in [2.05, 4.69) is 32.6 Å². The summed E-state index contributed by atoms with van der Waals surface area (Å²) in [7, 11) is 0. The minimum Gasteiger partial charge on any atom is -0.369 e. The molecule has 2 unspecified atom stereocenters. The number of rotatable bonds is 12.